The summed E-state index contributed by atoms with van der Waals surface area (Å²) in [4.78, 5) is 2.18. The van der Waals surface area contributed by atoms with E-state index in [1.165, 1.54) is 12.1 Å². The molecule has 1 fully saturated rings. The molecule has 2 atom stereocenters. The van der Waals surface area contributed by atoms with E-state index >= 15 is 0 Å². The fraction of sp³-hybridized carbons (Fsp3) is 0.625. The molecule has 0 saturated carbocycles. The zero-order valence-electron chi connectivity index (χ0n) is 13.2. The maximum absolute atomic E-state index is 12.4. The molecule has 4 nitrogen and oxygen atoms in total. The van der Waals surface area contributed by atoms with Gasteiger partial charge in [0.1, 0.15) is 5.75 Å². The SMILES string of the molecule is CCO[C@@H]1CN(CCc2ccccc2OC(F)(F)F)C[C@H]1CN. The van der Waals surface area contributed by atoms with Crippen molar-refractivity contribution in [1.29, 1.82) is 0 Å². The van der Waals surface area contributed by atoms with Crippen molar-refractivity contribution < 1.29 is 22.6 Å². The van der Waals surface area contributed by atoms with E-state index in [2.05, 4.69) is 9.64 Å². The lowest BCUT2D eigenvalue weighted by Gasteiger charge is -2.17. The summed E-state index contributed by atoms with van der Waals surface area (Å²) in [6.07, 6.45) is -4.08. The number of nitrogens with zero attached hydrogens (tertiary/aromatic N) is 1. The molecule has 1 aromatic rings. The van der Waals surface area contributed by atoms with Crippen LogP contribution >= 0.6 is 0 Å². The Morgan fingerprint density at radius 3 is 2.65 bits per heavy atom. The molecule has 1 saturated heterocycles. The van der Waals surface area contributed by atoms with Crippen LogP contribution in [-0.4, -0.2) is 50.2 Å². The van der Waals surface area contributed by atoms with E-state index in [0.29, 0.717) is 31.7 Å². The molecule has 2 N–H and O–H groups in total. The number of ether oxygens (including phenoxy) is 2. The third-order valence-electron chi connectivity index (χ3n) is 4.04. The van der Waals surface area contributed by atoms with E-state index < -0.39 is 6.36 Å². The summed E-state index contributed by atoms with van der Waals surface area (Å²) < 4.78 is 47.1. The maximum Gasteiger partial charge on any atom is 0.573 e. The molecule has 23 heavy (non-hydrogen) atoms. The zero-order chi connectivity index (χ0) is 16.9. The van der Waals surface area contributed by atoms with Crippen molar-refractivity contribution in [3.05, 3.63) is 29.8 Å². The van der Waals surface area contributed by atoms with Gasteiger partial charge in [-0.25, -0.2) is 0 Å². The fourth-order valence-corrected chi connectivity index (χ4v) is 2.95. The maximum atomic E-state index is 12.4. The highest BCUT2D eigenvalue weighted by atomic mass is 19.4. The Labute approximate surface area is 134 Å². The van der Waals surface area contributed by atoms with E-state index in [4.69, 9.17) is 10.5 Å². The largest absolute Gasteiger partial charge is 0.573 e. The van der Waals surface area contributed by atoms with Crippen molar-refractivity contribution in [3.63, 3.8) is 0 Å². The van der Waals surface area contributed by atoms with Crippen LogP contribution in [0.5, 0.6) is 5.75 Å². The highest BCUT2D eigenvalue weighted by molar-refractivity contribution is 5.33. The minimum absolute atomic E-state index is 0.103. The molecule has 0 unspecified atom stereocenters. The number of rotatable bonds is 7. The van der Waals surface area contributed by atoms with Crippen LogP contribution in [0.1, 0.15) is 12.5 Å². The van der Waals surface area contributed by atoms with E-state index in [1.54, 1.807) is 12.1 Å². The summed E-state index contributed by atoms with van der Waals surface area (Å²) in [7, 11) is 0. The molecule has 0 bridgehead atoms. The number of halogens is 3. The van der Waals surface area contributed by atoms with Gasteiger partial charge in [0.2, 0.25) is 0 Å². The second kappa shape index (κ2) is 7.99. The summed E-state index contributed by atoms with van der Waals surface area (Å²) in [6.45, 7) is 5.35. The van der Waals surface area contributed by atoms with E-state index in [1.807, 2.05) is 6.92 Å². The van der Waals surface area contributed by atoms with Crippen molar-refractivity contribution in [2.45, 2.75) is 25.8 Å². The van der Waals surface area contributed by atoms with Crippen molar-refractivity contribution in [1.82, 2.24) is 4.90 Å². The summed E-state index contributed by atoms with van der Waals surface area (Å²) in [6, 6.07) is 6.26. The molecule has 130 valence electrons. The van der Waals surface area contributed by atoms with Gasteiger partial charge in [-0.2, -0.15) is 0 Å². The van der Waals surface area contributed by atoms with Crippen molar-refractivity contribution in [2.24, 2.45) is 11.7 Å². The zero-order valence-corrected chi connectivity index (χ0v) is 13.2. The number of hydrogen-bond acceptors (Lipinski definition) is 4. The van der Waals surface area contributed by atoms with E-state index in [9.17, 15) is 13.2 Å². The van der Waals surface area contributed by atoms with Crippen LogP contribution in [0.2, 0.25) is 0 Å². The number of benzene rings is 1. The first-order valence-corrected chi connectivity index (χ1v) is 7.80. The Hall–Kier alpha value is -1.31. The van der Waals surface area contributed by atoms with Gasteiger partial charge in [-0.3, -0.25) is 4.90 Å². The normalized spacial score (nSPS) is 22.5. The summed E-state index contributed by atoms with van der Waals surface area (Å²) in [5.41, 5.74) is 6.32. The minimum Gasteiger partial charge on any atom is -0.406 e. The molecule has 1 aromatic carbocycles. The van der Waals surface area contributed by atoms with Gasteiger partial charge in [0.05, 0.1) is 6.10 Å². The lowest BCUT2D eigenvalue weighted by Crippen LogP contribution is -2.28. The van der Waals surface area contributed by atoms with Crippen LogP contribution in [0.25, 0.3) is 0 Å². The molecule has 1 aliphatic heterocycles. The van der Waals surface area contributed by atoms with Gasteiger partial charge >= 0.3 is 6.36 Å². The Bertz CT molecular complexity index is 496. The van der Waals surface area contributed by atoms with Gasteiger partial charge in [-0.1, -0.05) is 18.2 Å². The third kappa shape index (κ3) is 5.37. The Kier molecular flexibility index (Phi) is 6.26. The Balaban J connectivity index is 1.94. The number of alkyl halides is 3. The topological polar surface area (TPSA) is 47.7 Å². The average molecular weight is 332 g/mol. The third-order valence-corrected chi connectivity index (χ3v) is 4.04. The Morgan fingerprint density at radius 2 is 2.00 bits per heavy atom. The first kappa shape index (κ1) is 18.0. The van der Waals surface area contributed by atoms with Crippen LogP contribution in [0.3, 0.4) is 0 Å². The van der Waals surface area contributed by atoms with Gasteiger partial charge < -0.3 is 15.2 Å². The molecule has 0 spiro atoms. The molecule has 7 heteroatoms. The fourth-order valence-electron chi connectivity index (χ4n) is 2.95. The van der Waals surface area contributed by atoms with Crippen LogP contribution < -0.4 is 10.5 Å². The van der Waals surface area contributed by atoms with Gasteiger partial charge in [-0.05, 0) is 31.5 Å². The molecule has 0 aliphatic carbocycles. The van der Waals surface area contributed by atoms with Crippen molar-refractivity contribution in [2.75, 3.05) is 32.8 Å². The molecule has 2 rings (SSSR count). The number of likely N-dealkylation sites (tertiary alicyclic amines) is 1. The Morgan fingerprint density at radius 1 is 1.26 bits per heavy atom. The van der Waals surface area contributed by atoms with Gasteiger partial charge in [0.15, 0.2) is 0 Å². The predicted molar refractivity (Wildman–Crippen MR) is 81.2 cm³/mol. The minimum atomic E-state index is -4.67. The lowest BCUT2D eigenvalue weighted by atomic mass is 10.1. The van der Waals surface area contributed by atoms with Crippen LogP contribution in [0.15, 0.2) is 24.3 Å². The molecular formula is C16H23F3N2O2. The second-order valence-corrected chi connectivity index (χ2v) is 5.65. The van der Waals surface area contributed by atoms with Crippen molar-refractivity contribution in [3.8, 4) is 5.75 Å². The summed E-state index contributed by atoms with van der Waals surface area (Å²) >= 11 is 0. The summed E-state index contributed by atoms with van der Waals surface area (Å²) in [5.74, 6) is 0.146. The highest BCUT2D eigenvalue weighted by Crippen LogP contribution is 2.27. The molecule has 0 radical (unpaired) electrons. The molecule has 0 amide bonds. The summed E-state index contributed by atoms with van der Waals surface area (Å²) in [5, 5.41) is 0. The van der Waals surface area contributed by atoms with Gasteiger partial charge in [0, 0.05) is 32.2 Å². The molecule has 1 aliphatic rings. The van der Waals surface area contributed by atoms with E-state index in [-0.39, 0.29) is 17.8 Å². The monoisotopic (exact) mass is 332 g/mol. The van der Waals surface area contributed by atoms with Crippen LogP contribution in [-0.2, 0) is 11.2 Å². The van der Waals surface area contributed by atoms with Crippen LogP contribution in [0, 0.1) is 5.92 Å². The molecule has 0 aromatic heterocycles. The second-order valence-electron chi connectivity index (χ2n) is 5.65. The first-order chi connectivity index (χ1) is 10.9. The van der Waals surface area contributed by atoms with Crippen LogP contribution in [0.4, 0.5) is 13.2 Å². The predicted octanol–water partition coefficient (Wildman–Crippen LogP) is 2.42. The highest BCUT2D eigenvalue weighted by Gasteiger charge is 2.33. The lowest BCUT2D eigenvalue weighted by molar-refractivity contribution is -0.274. The molecule has 1 heterocycles. The number of hydrogen-bond donors (Lipinski definition) is 1. The quantitative estimate of drug-likeness (QED) is 0.833. The number of para-hydroxylation sites is 1. The smallest absolute Gasteiger partial charge is 0.406 e. The van der Waals surface area contributed by atoms with Gasteiger partial charge in [-0.15, -0.1) is 13.2 Å². The van der Waals surface area contributed by atoms with Gasteiger partial charge in [0.25, 0.3) is 0 Å². The van der Waals surface area contributed by atoms with E-state index in [0.717, 1.165) is 13.1 Å². The standard InChI is InChI=1S/C16H23F3N2O2/c1-2-22-15-11-21(10-13(15)9-20)8-7-12-5-3-4-6-14(12)23-16(17,18)19/h3-6,13,15H,2,7-11,20H2,1H3/t13-,15-/m1/s1. The van der Waals surface area contributed by atoms with Crippen molar-refractivity contribution >= 4 is 0 Å². The molecular weight excluding hydrogens is 309 g/mol. The number of nitrogens with two attached hydrogens (primary N) is 1. The first-order valence-electron chi connectivity index (χ1n) is 7.80. The average Bonchev–Trinajstić information content (AvgIpc) is 2.87.